The third kappa shape index (κ3) is 2.11. The number of para-hydroxylation sites is 1. The highest BCUT2D eigenvalue weighted by Gasteiger charge is 1.93. The van der Waals surface area contributed by atoms with Gasteiger partial charge in [-0.05, 0) is 19.9 Å². The van der Waals surface area contributed by atoms with Crippen LogP contribution in [0.4, 0.5) is 0 Å². The Morgan fingerprint density at radius 3 is 2.45 bits per heavy atom. The molecule has 1 aromatic carbocycles. The number of hydrogen-bond donors (Lipinski definition) is 1. The Hall–Kier alpha value is -1.24. The molecule has 1 aromatic rings. The van der Waals surface area contributed by atoms with Gasteiger partial charge in [-0.1, -0.05) is 29.8 Å². The van der Waals surface area contributed by atoms with Crippen LogP contribution < -0.4 is 0 Å². The topological polar surface area (TPSA) is 20.2 Å². The maximum absolute atomic E-state index is 9.31. The molecule has 58 valence electrons. The van der Waals surface area contributed by atoms with Crippen molar-refractivity contribution in [2.45, 2.75) is 13.8 Å². The second kappa shape index (κ2) is 3.24. The largest absolute Gasteiger partial charge is 0.507 e. The fourth-order valence-electron chi connectivity index (χ4n) is 0.921. The normalized spacial score (nSPS) is 9.27. The summed E-state index contributed by atoms with van der Waals surface area (Å²) in [4.78, 5) is 0. The van der Waals surface area contributed by atoms with Crippen LogP contribution in [0.1, 0.15) is 19.4 Å². The van der Waals surface area contributed by atoms with Gasteiger partial charge >= 0.3 is 0 Å². The van der Waals surface area contributed by atoms with Crippen LogP contribution >= 0.6 is 0 Å². The quantitative estimate of drug-likeness (QED) is 0.649. The predicted octanol–water partition coefficient (Wildman–Crippen LogP) is 2.82. The molecule has 0 heterocycles. The van der Waals surface area contributed by atoms with Crippen LogP contribution in [0.5, 0.6) is 5.75 Å². The third-order valence-corrected chi connectivity index (χ3v) is 1.38. The zero-order valence-corrected chi connectivity index (χ0v) is 6.83. The van der Waals surface area contributed by atoms with Gasteiger partial charge in [0.15, 0.2) is 0 Å². The van der Waals surface area contributed by atoms with Crippen molar-refractivity contribution in [3.8, 4) is 5.75 Å². The molecule has 1 heteroatoms. The van der Waals surface area contributed by atoms with Crippen molar-refractivity contribution in [3.05, 3.63) is 35.4 Å². The van der Waals surface area contributed by atoms with E-state index in [9.17, 15) is 5.11 Å². The van der Waals surface area contributed by atoms with E-state index in [1.807, 2.05) is 38.1 Å². The first-order chi connectivity index (χ1) is 5.20. The number of aromatic hydroxyl groups is 1. The molecular weight excluding hydrogens is 136 g/mol. The highest BCUT2D eigenvalue weighted by atomic mass is 16.3. The molecule has 0 atom stereocenters. The lowest BCUT2D eigenvalue weighted by molar-refractivity contribution is 0.474. The molecule has 0 aliphatic rings. The maximum Gasteiger partial charge on any atom is 0.122 e. The van der Waals surface area contributed by atoms with Gasteiger partial charge in [-0.3, -0.25) is 0 Å². The second-order valence-corrected chi connectivity index (χ2v) is 2.78. The van der Waals surface area contributed by atoms with Crippen molar-refractivity contribution in [3.63, 3.8) is 0 Å². The summed E-state index contributed by atoms with van der Waals surface area (Å²) in [5, 5.41) is 9.31. The number of hydrogen-bond acceptors (Lipinski definition) is 1. The number of phenolic OH excluding ortho intramolecular Hbond substituents is 1. The van der Waals surface area contributed by atoms with Gasteiger partial charge in [0.05, 0.1) is 0 Å². The molecule has 1 nitrogen and oxygen atoms in total. The molecule has 0 aliphatic carbocycles. The minimum absolute atomic E-state index is 0.341. The number of phenols is 1. The average molecular weight is 148 g/mol. The Morgan fingerprint density at radius 1 is 1.27 bits per heavy atom. The molecular formula is C10H12O. The summed E-state index contributed by atoms with van der Waals surface area (Å²) in [6.45, 7) is 4.01. The van der Waals surface area contributed by atoms with E-state index in [-0.39, 0.29) is 0 Å². The van der Waals surface area contributed by atoms with Crippen LogP contribution in [0.15, 0.2) is 29.8 Å². The van der Waals surface area contributed by atoms with E-state index in [1.54, 1.807) is 6.07 Å². The van der Waals surface area contributed by atoms with E-state index in [1.165, 1.54) is 5.57 Å². The Labute approximate surface area is 67.0 Å². The summed E-state index contributed by atoms with van der Waals surface area (Å²) in [7, 11) is 0. The Morgan fingerprint density at radius 2 is 1.91 bits per heavy atom. The van der Waals surface area contributed by atoms with Gasteiger partial charge in [-0.25, -0.2) is 0 Å². The Bertz CT molecular complexity index is 270. The summed E-state index contributed by atoms with van der Waals surface area (Å²) in [6, 6.07) is 7.31. The molecule has 0 aromatic heterocycles. The zero-order valence-electron chi connectivity index (χ0n) is 6.83. The van der Waals surface area contributed by atoms with Crippen LogP contribution in [-0.4, -0.2) is 5.11 Å². The SMILES string of the molecule is CC(C)=Cc1ccccc1O. The van der Waals surface area contributed by atoms with Crippen LogP contribution in [0.2, 0.25) is 0 Å². The van der Waals surface area contributed by atoms with Crippen molar-refractivity contribution < 1.29 is 5.11 Å². The van der Waals surface area contributed by atoms with Crippen molar-refractivity contribution in [1.29, 1.82) is 0 Å². The highest BCUT2D eigenvalue weighted by molar-refractivity contribution is 5.58. The van der Waals surface area contributed by atoms with Crippen LogP contribution in [0, 0.1) is 0 Å². The lowest BCUT2D eigenvalue weighted by Gasteiger charge is -1.97. The number of benzene rings is 1. The number of rotatable bonds is 1. The average Bonchev–Trinajstić information content (AvgIpc) is 1.93. The number of allylic oxidation sites excluding steroid dienone is 1. The minimum atomic E-state index is 0.341. The molecule has 0 fully saturated rings. The van der Waals surface area contributed by atoms with E-state index < -0.39 is 0 Å². The Balaban J connectivity index is 3.04. The molecule has 0 saturated carbocycles. The van der Waals surface area contributed by atoms with Gasteiger partial charge < -0.3 is 5.11 Å². The van der Waals surface area contributed by atoms with Gasteiger partial charge in [0, 0.05) is 5.56 Å². The second-order valence-electron chi connectivity index (χ2n) is 2.78. The minimum Gasteiger partial charge on any atom is -0.507 e. The monoisotopic (exact) mass is 148 g/mol. The predicted molar refractivity (Wildman–Crippen MR) is 47.4 cm³/mol. The van der Waals surface area contributed by atoms with Crippen molar-refractivity contribution >= 4 is 6.08 Å². The van der Waals surface area contributed by atoms with E-state index in [0.29, 0.717) is 5.75 Å². The highest BCUT2D eigenvalue weighted by Crippen LogP contribution is 2.18. The van der Waals surface area contributed by atoms with E-state index in [2.05, 4.69) is 0 Å². The molecule has 1 N–H and O–H groups in total. The third-order valence-electron chi connectivity index (χ3n) is 1.38. The lowest BCUT2D eigenvalue weighted by Crippen LogP contribution is -1.73. The summed E-state index contributed by atoms with van der Waals surface area (Å²) in [6.07, 6.45) is 1.95. The Kier molecular flexibility index (Phi) is 2.32. The molecule has 1 rings (SSSR count). The molecule has 11 heavy (non-hydrogen) atoms. The summed E-state index contributed by atoms with van der Waals surface area (Å²) in [5.74, 6) is 0.341. The fourth-order valence-corrected chi connectivity index (χ4v) is 0.921. The van der Waals surface area contributed by atoms with Crippen LogP contribution in [-0.2, 0) is 0 Å². The summed E-state index contributed by atoms with van der Waals surface area (Å²) < 4.78 is 0. The molecule has 0 aliphatic heterocycles. The molecule has 0 amide bonds. The van der Waals surface area contributed by atoms with E-state index in [0.717, 1.165) is 5.56 Å². The fraction of sp³-hybridized carbons (Fsp3) is 0.200. The molecule has 0 radical (unpaired) electrons. The molecule has 0 unspecified atom stereocenters. The first-order valence-electron chi connectivity index (χ1n) is 3.63. The van der Waals surface area contributed by atoms with Gasteiger partial charge in [0.2, 0.25) is 0 Å². The van der Waals surface area contributed by atoms with Gasteiger partial charge in [-0.2, -0.15) is 0 Å². The molecule has 0 saturated heterocycles. The van der Waals surface area contributed by atoms with Gasteiger partial charge in [0.1, 0.15) is 5.75 Å². The van der Waals surface area contributed by atoms with Crippen molar-refractivity contribution in [2.24, 2.45) is 0 Å². The van der Waals surface area contributed by atoms with Crippen LogP contribution in [0.25, 0.3) is 6.08 Å². The van der Waals surface area contributed by atoms with Crippen LogP contribution in [0.3, 0.4) is 0 Å². The first-order valence-corrected chi connectivity index (χ1v) is 3.63. The van der Waals surface area contributed by atoms with Crippen molar-refractivity contribution in [2.75, 3.05) is 0 Å². The lowest BCUT2D eigenvalue weighted by atomic mass is 10.1. The van der Waals surface area contributed by atoms with Gasteiger partial charge in [-0.15, -0.1) is 0 Å². The molecule has 0 spiro atoms. The smallest absolute Gasteiger partial charge is 0.122 e. The van der Waals surface area contributed by atoms with Gasteiger partial charge in [0.25, 0.3) is 0 Å². The standard InChI is InChI=1S/C10H12O/c1-8(2)7-9-5-3-4-6-10(9)11/h3-7,11H,1-2H3. The van der Waals surface area contributed by atoms with E-state index in [4.69, 9.17) is 0 Å². The zero-order chi connectivity index (χ0) is 8.27. The summed E-state index contributed by atoms with van der Waals surface area (Å²) >= 11 is 0. The molecule has 0 bridgehead atoms. The van der Waals surface area contributed by atoms with Crippen molar-refractivity contribution in [1.82, 2.24) is 0 Å². The summed E-state index contributed by atoms with van der Waals surface area (Å²) in [5.41, 5.74) is 2.07. The van der Waals surface area contributed by atoms with E-state index >= 15 is 0 Å². The first kappa shape index (κ1) is 7.86. The maximum atomic E-state index is 9.31.